The van der Waals surface area contributed by atoms with Crippen molar-refractivity contribution in [2.45, 2.75) is 20.3 Å². The van der Waals surface area contributed by atoms with Gasteiger partial charge < -0.3 is 10.4 Å². The molecule has 0 aliphatic heterocycles. The second-order valence-corrected chi connectivity index (χ2v) is 6.62. The van der Waals surface area contributed by atoms with Crippen LogP contribution in [0.1, 0.15) is 28.4 Å². The highest BCUT2D eigenvalue weighted by atomic mass is 19.1. The maximum absolute atomic E-state index is 14.3. The van der Waals surface area contributed by atoms with E-state index in [0.717, 1.165) is 5.56 Å². The first-order chi connectivity index (χ1) is 13.8. The van der Waals surface area contributed by atoms with Gasteiger partial charge in [0.2, 0.25) is 0 Å². The molecule has 3 aromatic rings. The minimum Gasteiger partial charge on any atom is -0.507 e. The van der Waals surface area contributed by atoms with Crippen molar-refractivity contribution >= 4 is 17.3 Å². The van der Waals surface area contributed by atoms with E-state index in [1.165, 1.54) is 42.5 Å². The molecule has 7 heteroatoms. The summed E-state index contributed by atoms with van der Waals surface area (Å²) in [4.78, 5) is 23.2. The largest absolute Gasteiger partial charge is 0.507 e. The van der Waals surface area contributed by atoms with E-state index in [1.807, 2.05) is 6.92 Å². The molecule has 0 aliphatic carbocycles. The number of nitrogens with one attached hydrogen (secondary N) is 1. The van der Waals surface area contributed by atoms with Gasteiger partial charge in [0.05, 0.1) is 10.5 Å². The van der Waals surface area contributed by atoms with Gasteiger partial charge in [0.1, 0.15) is 11.6 Å². The first kappa shape index (κ1) is 20.0. The maximum atomic E-state index is 14.3. The van der Waals surface area contributed by atoms with Gasteiger partial charge in [0.15, 0.2) is 0 Å². The fourth-order valence-electron chi connectivity index (χ4n) is 3.04. The summed E-state index contributed by atoms with van der Waals surface area (Å²) in [6, 6.07) is 13.2. The number of carbonyl (C=O) groups excluding carboxylic acids is 1. The summed E-state index contributed by atoms with van der Waals surface area (Å²) in [7, 11) is 0. The van der Waals surface area contributed by atoms with Gasteiger partial charge in [-0.3, -0.25) is 14.9 Å². The van der Waals surface area contributed by atoms with E-state index < -0.39 is 16.6 Å². The highest BCUT2D eigenvalue weighted by Gasteiger charge is 2.17. The third-order valence-corrected chi connectivity index (χ3v) is 4.61. The lowest BCUT2D eigenvalue weighted by Gasteiger charge is -2.12. The standard InChI is InChI=1S/C22H19FN2O4/c1-3-14-11-16(25(28)29)6-8-20(14)24-22(27)18-12-15(5-9-21(18)26)17-7-4-13(2)10-19(17)23/h4-12,26H,3H2,1-2H3,(H,24,27). The molecular weight excluding hydrogens is 375 g/mol. The third kappa shape index (κ3) is 4.24. The van der Waals surface area contributed by atoms with Crippen molar-refractivity contribution in [2.24, 2.45) is 0 Å². The van der Waals surface area contributed by atoms with Gasteiger partial charge in [0.25, 0.3) is 11.6 Å². The number of hydrogen-bond acceptors (Lipinski definition) is 4. The summed E-state index contributed by atoms with van der Waals surface area (Å²) in [6.45, 7) is 3.59. The van der Waals surface area contributed by atoms with Gasteiger partial charge >= 0.3 is 0 Å². The van der Waals surface area contributed by atoms with Crippen molar-refractivity contribution in [3.8, 4) is 16.9 Å². The van der Waals surface area contributed by atoms with E-state index >= 15 is 0 Å². The molecule has 0 atom stereocenters. The van der Waals surface area contributed by atoms with E-state index in [2.05, 4.69) is 5.32 Å². The summed E-state index contributed by atoms with van der Waals surface area (Å²) in [5, 5.41) is 23.8. The second kappa shape index (κ2) is 8.10. The van der Waals surface area contributed by atoms with Gasteiger partial charge in [-0.2, -0.15) is 0 Å². The average Bonchev–Trinajstić information content (AvgIpc) is 2.68. The number of rotatable bonds is 5. The van der Waals surface area contributed by atoms with Gasteiger partial charge in [-0.05, 0) is 54.3 Å². The molecule has 0 fully saturated rings. The molecule has 148 valence electrons. The Morgan fingerprint density at radius 1 is 1.14 bits per heavy atom. The molecule has 0 saturated carbocycles. The van der Waals surface area contributed by atoms with Gasteiger partial charge in [0, 0.05) is 23.4 Å². The first-order valence-corrected chi connectivity index (χ1v) is 8.98. The predicted octanol–water partition coefficient (Wildman–Crippen LogP) is 5.23. The number of carbonyl (C=O) groups is 1. The van der Waals surface area contributed by atoms with E-state index in [-0.39, 0.29) is 17.0 Å². The molecule has 0 bridgehead atoms. The molecule has 3 rings (SSSR count). The number of phenols is 1. The number of nitro benzene ring substituents is 1. The molecular formula is C22H19FN2O4. The van der Waals surface area contributed by atoms with Crippen LogP contribution >= 0.6 is 0 Å². The van der Waals surface area contributed by atoms with Crippen molar-refractivity contribution in [3.05, 3.63) is 87.2 Å². The predicted molar refractivity (Wildman–Crippen MR) is 109 cm³/mol. The number of phenolic OH excluding ortho intramolecular Hbond substituents is 1. The van der Waals surface area contributed by atoms with Crippen LogP contribution in [-0.4, -0.2) is 15.9 Å². The lowest BCUT2D eigenvalue weighted by Crippen LogP contribution is -2.14. The molecule has 0 aromatic heterocycles. The fraction of sp³-hybridized carbons (Fsp3) is 0.136. The Labute approximate surface area is 166 Å². The van der Waals surface area contributed by atoms with Crippen LogP contribution in [0.4, 0.5) is 15.8 Å². The van der Waals surface area contributed by atoms with Crippen molar-refractivity contribution in [1.82, 2.24) is 0 Å². The van der Waals surface area contributed by atoms with Crippen LogP contribution in [0, 0.1) is 22.9 Å². The minimum absolute atomic E-state index is 0.0251. The molecule has 3 aromatic carbocycles. The molecule has 0 radical (unpaired) electrons. The zero-order valence-electron chi connectivity index (χ0n) is 15.9. The molecule has 2 N–H and O–H groups in total. The third-order valence-electron chi connectivity index (χ3n) is 4.61. The number of aryl methyl sites for hydroxylation is 2. The fourth-order valence-corrected chi connectivity index (χ4v) is 3.04. The van der Waals surface area contributed by atoms with Crippen molar-refractivity contribution in [2.75, 3.05) is 5.32 Å². The molecule has 1 amide bonds. The number of nitrogens with zero attached hydrogens (tertiary/aromatic N) is 1. The van der Waals surface area contributed by atoms with E-state index in [0.29, 0.717) is 28.8 Å². The van der Waals surface area contributed by atoms with Crippen LogP contribution in [-0.2, 0) is 6.42 Å². The summed E-state index contributed by atoms with van der Waals surface area (Å²) in [6.07, 6.45) is 0.470. The average molecular weight is 394 g/mol. The Balaban J connectivity index is 1.95. The number of non-ortho nitro benzene ring substituents is 1. The van der Waals surface area contributed by atoms with Crippen LogP contribution in [0.25, 0.3) is 11.1 Å². The topological polar surface area (TPSA) is 92.5 Å². The molecule has 0 unspecified atom stereocenters. The smallest absolute Gasteiger partial charge is 0.269 e. The van der Waals surface area contributed by atoms with Crippen LogP contribution in [0.15, 0.2) is 54.6 Å². The van der Waals surface area contributed by atoms with E-state index in [9.17, 15) is 24.4 Å². The number of amides is 1. The monoisotopic (exact) mass is 394 g/mol. The zero-order valence-corrected chi connectivity index (χ0v) is 15.9. The van der Waals surface area contributed by atoms with Crippen molar-refractivity contribution < 1.29 is 19.2 Å². The molecule has 29 heavy (non-hydrogen) atoms. The summed E-state index contributed by atoms with van der Waals surface area (Å²) >= 11 is 0. The normalized spacial score (nSPS) is 10.6. The van der Waals surface area contributed by atoms with Gasteiger partial charge in [-0.25, -0.2) is 4.39 Å². The number of nitro groups is 1. The molecule has 6 nitrogen and oxygen atoms in total. The SMILES string of the molecule is CCc1cc([N+](=O)[O-])ccc1NC(=O)c1cc(-c2ccc(C)cc2F)ccc1O. The lowest BCUT2D eigenvalue weighted by atomic mass is 10.00. The van der Waals surface area contributed by atoms with E-state index in [1.54, 1.807) is 19.1 Å². The summed E-state index contributed by atoms with van der Waals surface area (Å²) in [5.41, 5.74) is 2.44. The number of anilines is 1. The molecule has 0 saturated heterocycles. The number of benzene rings is 3. The Morgan fingerprint density at radius 3 is 2.55 bits per heavy atom. The molecule has 0 heterocycles. The first-order valence-electron chi connectivity index (χ1n) is 8.98. The Morgan fingerprint density at radius 2 is 1.90 bits per heavy atom. The Kier molecular flexibility index (Phi) is 5.59. The van der Waals surface area contributed by atoms with Crippen LogP contribution in [0.3, 0.4) is 0 Å². The number of halogens is 1. The van der Waals surface area contributed by atoms with Gasteiger partial charge in [-0.1, -0.05) is 25.1 Å². The Bertz CT molecular complexity index is 1110. The second-order valence-electron chi connectivity index (χ2n) is 6.62. The van der Waals surface area contributed by atoms with Crippen LogP contribution < -0.4 is 5.32 Å². The number of hydrogen-bond donors (Lipinski definition) is 2. The van der Waals surface area contributed by atoms with E-state index in [4.69, 9.17) is 0 Å². The van der Waals surface area contributed by atoms with Crippen LogP contribution in [0.5, 0.6) is 5.75 Å². The molecule has 0 spiro atoms. The summed E-state index contributed by atoms with van der Waals surface area (Å²) < 4.78 is 14.3. The maximum Gasteiger partial charge on any atom is 0.269 e. The quantitative estimate of drug-likeness (QED) is 0.458. The molecule has 0 aliphatic rings. The van der Waals surface area contributed by atoms with Crippen LogP contribution in [0.2, 0.25) is 0 Å². The van der Waals surface area contributed by atoms with Crippen molar-refractivity contribution in [3.63, 3.8) is 0 Å². The zero-order chi connectivity index (χ0) is 21.1. The highest BCUT2D eigenvalue weighted by molar-refractivity contribution is 6.07. The van der Waals surface area contributed by atoms with Gasteiger partial charge in [-0.15, -0.1) is 0 Å². The Hall–Kier alpha value is -3.74. The summed E-state index contributed by atoms with van der Waals surface area (Å²) in [5.74, 6) is -1.27. The lowest BCUT2D eigenvalue weighted by molar-refractivity contribution is -0.384. The van der Waals surface area contributed by atoms with Crippen molar-refractivity contribution in [1.29, 1.82) is 0 Å². The highest BCUT2D eigenvalue weighted by Crippen LogP contribution is 2.30. The number of aromatic hydroxyl groups is 1. The minimum atomic E-state index is -0.597.